The summed E-state index contributed by atoms with van der Waals surface area (Å²) in [5, 5.41) is 6.60. The highest BCUT2D eigenvalue weighted by Gasteiger charge is 2.22. The van der Waals surface area contributed by atoms with Crippen LogP contribution < -0.4 is 10.6 Å². The Bertz CT molecular complexity index is 498. The third-order valence-electron chi connectivity index (χ3n) is 4.35. The first-order valence-electron chi connectivity index (χ1n) is 9.55. The molecule has 0 bridgehead atoms. The third-order valence-corrected chi connectivity index (χ3v) is 4.35. The van der Waals surface area contributed by atoms with Gasteiger partial charge in [0.15, 0.2) is 5.96 Å². The number of guanidine groups is 1. The van der Waals surface area contributed by atoms with Crippen molar-refractivity contribution in [3.8, 4) is 0 Å². The van der Waals surface area contributed by atoms with Crippen molar-refractivity contribution in [2.75, 3.05) is 27.2 Å². The largest absolute Gasteiger partial charge is 0.460 e. The average Bonchev–Trinajstić information content (AvgIpc) is 2.52. The number of amides is 1. The van der Waals surface area contributed by atoms with E-state index in [-0.39, 0.29) is 24.8 Å². The third kappa shape index (κ3) is 9.06. The van der Waals surface area contributed by atoms with Gasteiger partial charge in [-0.05, 0) is 39.5 Å². The molecule has 150 valence electrons. The summed E-state index contributed by atoms with van der Waals surface area (Å²) in [7, 11) is 3.42. The van der Waals surface area contributed by atoms with E-state index in [4.69, 9.17) is 4.74 Å². The van der Waals surface area contributed by atoms with Crippen LogP contribution >= 0.6 is 0 Å². The number of hydrogen-bond acceptors (Lipinski definition) is 4. The van der Waals surface area contributed by atoms with E-state index in [9.17, 15) is 9.59 Å². The highest BCUT2D eigenvalue weighted by molar-refractivity contribution is 5.85. The first kappa shape index (κ1) is 22.3. The SMILES string of the molecule is CC1CCCCC1NC(=NCC(=O)N(C)C)NCCC(=O)OC(C)(C)C. The molecular weight excluding hydrogens is 332 g/mol. The van der Waals surface area contributed by atoms with Gasteiger partial charge in [-0.3, -0.25) is 9.59 Å². The van der Waals surface area contributed by atoms with Gasteiger partial charge in [0.25, 0.3) is 0 Å². The predicted octanol–water partition coefficient (Wildman–Crippen LogP) is 1.92. The summed E-state index contributed by atoms with van der Waals surface area (Å²) in [4.78, 5) is 29.6. The van der Waals surface area contributed by atoms with Crippen LogP contribution in [0.4, 0.5) is 0 Å². The number of ether oxygens (including phenoxy) is 1. The topological polar surface area (TPSA) is 83.0 Å². The minimum absolute atomic E-state index is 0.0602. The summed E-state index contributed by atoms with van der Waals surface area (Å²) in [6.45, 7) is 8.28. The molecule has 0 radical (unpaired) electrons. The Morgan fingerprint density at radius 3 is 2.42 bits per heavy atom. The van der Waals surface area contributed by atoms with Gasteiger partial charge < -0.3 is 20.3 Å². The quantitative estimate of drug-likeness (QED) is 0.425. The van der Waals surface area contributed by atoms with E-state index in [0.717, 1.165) is 6.42 Å². The highest BCUT2D eigenvalue weighted by Crippen LogP contribution is 2.23. The molecule has 1 saturated carbocycles. The van der Waals surface area contributed by atoms with E-state index < -0.39 is 5.60 Å². The number of carbonyl (C=O) groups is 2. The number of nitrogens with zero attached hydrogens (tertiary/aromatic N) is 2. The van der Waals surface area contributed by atoms with Gasteiger partial charge in [0.1, 0.15) is 12.1 Å². The lowest BCUT2D eigenvalue weighted by Crippen LogP contribution is -2.48. The average molecular weight is 369 g/mol. The Labute approximate surface area is 157 Å². The number of hydrogen-bond donors (Lipinski definition) is 2. The molecule has 0 aliphatic heterocycles. The molecule has 2 N–H and O–H groups in total. The normalized spacial score (nSPS) is 21.1. The van der Waals surface area contributed by atoms with E-state index in [1.165, 1.54) is 24.2 Å². The van der Waals surface area contributed by atoms with Gasteiger partial charge in [0, 0.05) is 26.7 Å². The Kier molecular flexibility index (Phi) is 8.88. The summed E-state index contributed by atoms with van der Waals surface area (Å²) < 4.78 is 5.32. The number of esters is 1. The van der Waals surface area contributed by atoms with Crippen molar-refractivity contribution in [1.82, 2.24) is 15.5 Å². The molecule has 0 heterocycles. The number of rotatable bonds is 6. The Balaban J connectivity index is 2.60. The summed E-state index contributed by atoms with van der Waals surface area (Å²) in [6, 6.07) is 0.339. The summed E-state index contributed by atoms with van der Waals surface area (Å²) in [6.07, 6.45) is 5.00. The lowest BCUT2D eigenvalue weighted by atomic mass is 9.86. The van der Waals surface area contributed by atoms with Gasteiger partial charge in [-0.2, -0.15) is 0 Å². The molecule has 0 aromatic carbocycles. The zero-order chi connectivity index (χ0) is 19.7. The minimum atomic E-state index is -0.484. The van der Waals surface area contributed by atoms with Crippen molar-refractivity contribution in [1.29, 1.82) is 0 Å². The molecule has 2 atom stereocenters. The van der Waals surface area contributed by atoms with Crippen LogP contribution in [0.1, 0.15) is 59.8 Å². The van der Waals surface area contributed by atoms with Crippen molar-refractivity contribution < 1.29 is 14.3 Å². The first-order valence-corrected chi connectivity index (χ1v) is 9.55. The molecule has 7 heteroatoms. The molecule has 0 spiro atoms. The fourth-order valence-electron chi connectivity index (χ4n) is 2.82. The molecule has 1 amide bonds. The summed E-state index contributed by atoms with van der Waals surface area (Å²) >= 11 is 0. The van der Waals surface area contributed by atoms with Crippen molar-refractivity contribution in [2.24, 2.45) is 10.9 Å². The van der Waals surface area contributed by atoms with Gasteiger partial charge >= 0.3 is 5.97 Å². The minimum Gasteiger partial charge on any atom is -0.460 e. The lowest BCUT2D eigenvalue weighted by molar-refractivity contribution is -0.154. The Morgan fingerprint density at radius 2 is 1.85 bits per heavy atom. The highest BCUT2D eigenvalue weighted by atomic mass is 16.6. The van der Waals surface area contributed by atoms with Crippen LogP contribution in [0.25, 0.3) is 0 Å². The number of carbonyl (C=O) groups excluding carboxylic acids is 2. The molecular formula is C19H36N4O3. The summed E-state index contributed by atoms with van der Waals surface area (Å²) in [5.74, 6) is 0.836. The van der Waals surface area contributed by atoms with Gasteiger partial charge in [-0.25, -0.2) is 4.99 Å². The van der Waals surface area contributed by atoms with E-state index in [2.05, 4.69) is 22.5 Å². The maximum Gasteiger partial charge on any atom is 0.308 e. The van der Waals surface area contributed by atoms with Crippen molar-refractivity contribution in [2.45, 2.75) is 71.4 Å². The molecule has 1 aliphatic rings. The Morgan fingerprint density at radius 1 is 1.19 bits per heavy atom. The van der Waals surface area contributed by atoms with E-state index in [0.29, 0.717) is 24.5 Å². The second kappa shape index (κ2) is 10.4. The zero-order valence-corrected chi connectivity index (χ0v) is 17.2. The van der Waals surface area contributed by atoms with Crippen molar-refractivity contribution in [3.63, 3.8) is 0 Å². The second-order valence-corrected chi connectivity index (χ2v) is 8.23. The predicted molar refractivity (Wildman–Crippen MR) is 104 cm³/mol. The van der Waals surface area contributed by atoms with Gasteiger partial charge in [-0.15, -0.1) is 0 Å². The van der Waals surface area contributed by atoms with Crippen molar-refractivity contribution in [3.05, 3.63) is 0 Å². The summed E-state index contributed by atoms with van der Waals surface area (Å²) in [5.41, 5.74) is -0.484. The van der Waals surface area contributed by atoms with E-state index in [1.807, 2.05) is 20.8 Å². The van der Waals surface area contributed by atoms with Crippen LogP contribution in [0, 0.1) is 5.92 Å². The maximum absolute atomic E-state index is 11.9. The lowest BCUT2D eigenvalue weighted by Gasteiger charge is -2.31. The fourth-order valence-corrected chi connectivity index (χ4v) is 2.82. The molecule has 0 aromatic heterocycles. The molecule has 1 fully saturated rings. The maximum atomic E-state index is 11.9. The Hall–Kier alpha value is -1.79. The van der Waals surface area contributed by atoms with E-state index >= 15 is 0 Å². The van der Waals surface area contributed by atoms with Crippen LogP contribution in [-0.2, 0) is 14.3 Å². The molecule has 7 nitrogen and oxygen atoms in total. The van der Waals surface area contributed by atoms with Gasteiger partial charge in [-0.1, -0.05) is 19.8 Å². The van der Waals surface area contributed by atoms with Gasteiger partial charge in [0.05, 0.1) is 6.42 Å². The molecule has 1 aliphatic carbocycles. The van der Waals surface area contributed by atoms with Crippen LogP contribution in [0.2, 0.25) is 0 Å². The van der Waals surface area contributed by atoms with Crippen LogP contribution in [-0.4, -0.2) is 61.6 Å². The van der Waals surface area contributed by atoms with Crippen molar-refractivity contribution >= 4 is 17.8 Å². The van der Waals surface area contributed by atoms with Crippen LogP contribution in [0.3, 0.4) is 0 Å². The standard InChI is InChI=1S/C19H36N4O3/c1-14-9-7-8-10-15(14)22-18(21-13-16(24)23(5)6)20-12-11-17(25)26-19(2,3)4/h14-15H,7-13H2,1-6H3,(H2,20,21,22). The molecule has 0 aromatic rings. The van der Waals surface area contributed by atoms with Gasteiger partial charge in [0.2, 0.25) is 5.91 Å². The van der Waals surface area contributed by atoms with Crippen LogP contribution in [0.15, 0.2) is 4.99 Å². The fraction of sp³-hybridized carbons (Fsp3) is 0.842. The number of likely N-dealkylation sites (N-methyl/N-ethyl adjacent to an activating group) is 1. The smallest absolute Gasteiger partial charge is 0.308 e. The van der Waals surface area contributed by atoms with Crippen LogP contribution in [0.5, 0.6) is 0 Å². The molecule has 2 unspecified atom stereocenters. The molecule has 1 rings (SSSR count). The van der Waals surface area contributed by atoms with E-state index in [1.54, 1.807) is 14.1 Å². The molecule has 26 heavy (non-hydrogen) atoms. The number of aliphatic imine (C=N–C) groups is 1. The first-order chi connectivity index (χ1) is 12.1. The zero-order valence-electron chi connectivity index (χ0n) is 17.2. The molecule has 0 saturated heterocycles. The monoisotopic (exact) mass is 368 g/mol. The second-order valence-electron chi connectivity index (χ2n) is 8.23. The number of nitrogens with one attached hydrogen (secondary N) is 2.